The lowest BCUT2D eigenvalue weighted by Gasteiger charge is -2.46. The molecule has 0 amide bonds. The van der Waals surface area contributed by atoms with Gasteiger partial charge >= 0.3 is 0 Å². The minimum Gasteiger partial charge on any atom is -0.394 e. The van der Waals surface area contributed by atoms with E-state index in [9.17, 15) is 20.4 Å². The van der Waals surface area contributed by atoms with Gasteiger partial charge < -0.3 is 39.4 Å². The molecule has 184 valence electrons. The molecule has 0 spiro atoms. The summed E-state index contributed by atoms with van der Waals surface area (Å²) in [4.78, 5) is 0. The maximum absolute atomic E-state index is 11.2. The third-order valence-corrected chi connectivity index (χ3v) is 7.52. The minimum absolute atomic E-state index is 0.164. The van der Waals surface area contributed by atoms with Gasteiger partial charge in [0.15, 0.2) is 6.29 Å². The normalized spacial score (nSPS) is 43.3. The third kappa shape index (κ3) is 5.98. The Balaban J connectivity index is 2.03. The SMILES string of the molecule is CC[C@H](O[C@H]1C[C@@H](O)[C@H](OC)[C@@H](C)O1)[C@H](C)[C@H](O)[C@@H](C)[C@H]1O[C@@H](CO)[C@H](C)[C@H](O)[C@H]1C. The fraction of sp³-hybridized carbons (Fsp3) is 1.00. The quantitative estimate of drug-likeness (QED) is 0.417. The number of hydrogen-bond acceptors (Lipinski definition) is 8. The molecule has 4 N–H and O–H groups in total. The van der Waals surface area contributed by atoms with Crippen molar-refractivity contribution in [1.82, 2.24) is 0 Å². The van der Waals surface area contributed by atoms with E-state index in [-0.39, 0.29) is 54.7 Å². The van der Waals surface area contributed by atoms with Gasteiger partial charge in [-0.15, -0.1) is 0 Å². The van der Waals surface area contributed by atoms with Crippen LogP contribution in [-0.2, 0) is 18.9 Å². The van der Waals surface area contributed by atoms with Crippen molar-refractivity contribution in [2.75, 3.05) is 13.7 Å². The van der Waals surface area contributed by atoms with Gasteiger partial charge in [0.25, 0.3) is 0 Å². The van der Waals surface area contributed by atoms with Gasteiger partial charge in [-0.1, -0.05) is 34.6 Å². The van der Waals surface area contributed by atoms with Crippen molar-refractivity contribution in [2.45, 2.75) is 110 Å². The number of methoxy groups -OCH3 is 1. The van der Waals surface area contributed by atoms with Crippen LogP contribution < -0.4 is 0 Å². The van der Waals surface area contributed by atoms with Crippen LogP contribution in [0.2, 0.25) is 0 Å². The molecule has 0 aromatic carbocycles. The zero-order valence-corrected chi connectivity index (χ0v) is 20.0. The molecule has 0 aliphatic carbocycles. The van der Waals surface area contributed by atoms with E-state index >= 15 is 0 Å². The lowest BCUT2D eigenvalue weighted by atomic mass is 9.75. The molecule has 0 radical (unpaired) electrons. The average molecular weight is 449 g/mol. The lowest BCUT2D eigenvalue weighted by Crippen LogP contribution is -2.55. The summed E-state index contributed by atoms with van der Waals surface area (Å²) in [5, 5.41) is 41.7. The van der Waals surface area contributed by atoms with Crippen LogP contribution in [0, 0.1) is 23.7 Å². The Kier molecular flexibility index (Phi) is 10.2. The van der Waals surface area contributed by atoms with Crippen LogP contribution in [0.25, 0.3) is 0 Å². The predicted octanol–water partition coefficient (Wildman–Crippen LogP) is 1.32. The van der Waals surface area contributed by atoms with E-state index in [1.807, 2.05) is 41.5 Å². The van der Waals surface area contributed by atoms with Gasteiger partial charge in [-0.3, -0.25) is 0 Å². The van der Waals surface area contributed by atoms with E-state index < -0.39 is 30.7 Å². The molecule has 8 heteroatoms. The highest BCUT2D eigenvalue weighted by Gasteiger charge is 2.45. The first-order valence-corrected chi connectivity index (χ1v) is 11.7. The van der Waals surface area contributed by atoms with Crippen LogP contribution in [0.4, 0.5) is 0 Å². The smallest absolute Gasteiger partial charge is 0.161 e. The third-order valence-electron chi connectivity index (χ3n) is 7.52. The first kappa shape index (κ1) is 26.9. The average Bonchev–Trinajstić information content (AvgIpc) is 2.74. The highest BCUT2D eigenvalue weighted by Crippen LogP contribution is 2.37. The molecule has 2 saturated heterocycles. The molecule has 2 aliphatic heterocycles. The van der Waals surface area contributed by atoms with E-state index in [4.69, 9.17) is 18.9 Å². The summed E-state index contributed by atoms with van der Waals surface area (Å²) in [5.74, 6) is -0.832. The van der Waals surface area contributed by atoms with Gasteiger partial charge in [-0.25, -0.2) is 0 Å². The van der Waals surface area contributed by atoms with E-state index in [1.165, 1.54) is 0 Å². The first-order chi connectivity index (χ1) is 14.6. The maximum atomic E-state index is 11.2. The summed E-state index contributed by atoms with van der Waals surface area (Å²) >= 11 is 0. The van der Waals surface area contributed by atoms with Crippen LogP contribution >= 0.6 is 0 Å². The molecule has 2 fully saturated rings. The number of ether oxygens (including phenoxy) is 4. The van der Waals surface area contributed by atoms with Crippen LogP contribution in [0.15, 0.2) is 0 Å². The number of aliphatic hydroxyl groups excluding tert-OH is 4. The second-order valence-corrected chi connectivity index (χ2v) is 9.60. The number of hydrogen-bond donors (Lipinski definition) is 4. The van der Waals surface area contributed by atoms with E-state index in [1.54, 1.807) is 7.11 Å². The molecular weight excluding hydrogens is 404 g/mol. The van der Waals surface area contributed by atoms with Crippen molar-refractivity contribution in [3.05, 3.63) is 0 Å². The van der Waals surface area contributed by atoms with Crippen molar-refractivity contribution in [2.24, 2.45) is 23.7 Å². The predicted molar refractivity (Wildman–Crippen MR) is 115 cm³/mol. The first-order valence-electron chi connectivity index (χ1n) is 11.7. The highest BCUT2D eigenvalue weighted by molar-refractivity contribution is 4.93. The lowest BCUT2D eigenvalue weighted by molar-refractivity contribution is -0.272. The monoisotopic (exact) mass is 448 g/mol. The van der Waals surface area contributed by atoms with Gasteiger partial charge in [-0.2, -0.15) is 0 Å². The summed E-state index contributed by atoms with van der Waals surface area (Å²) in [6.07, 6.45) is -3.42. The molecule has 0 aromatic rings. The van der Waals surface area contributed by atoms with Crippen LogP contribution in [0.3, 0.4) is 0 Å². The van der Waals surface area contributed by atoms with Crippen molar-refractivity contribution in [1.29, 1.82) is 0 Å². The molecule has 2 rings (SSSR count). The molecule has 31 heavy (non-hydrogen) atoms. The molecule has 2 heterocycles. The Morgan fingerprint density at radius 1 is 1.06 bits per heavy atom. The van der Waals surface area contributed by atoms with E-state index in [0.29, 0.717) is 12.8 Å². The van der Waals surface area contributed by atoms with Crippen LogP contribution in [0.1, 0.15) is 54.4 Å². The topological polar surface area (TPSA) is 118 Å². The minimum atomic E-state index is -0.741. The highest BCUT2D eigenvalue weighted by atomic mass is 16.7. The second-order valence-electron chi connectivity index (χ2n) is 9.60. The van der Waals surface area contributed by atoms with Gasteiger partial charge in [0.1, 0.15) is 6.10 Å². The molecule has 8 nitrogen and oxygen atoms in total. The fourth-order valence-corrected chi connectivity index (χ4v) is 5.29. The molecule has 2 aliphatic rings. The van der Waals surface area contributed by atoms with Crippen LogP contribution in [0.5, 0.6) is 0 Å². The van der Waals surface area contributed by atoms with Gasteiger partial charge in [0.2, 0.25) is 0 Å². The van der Waals surface area contributed by atoms with Gasteiger partial charge in [0.05, 0.1) is 49.3 Å². The zero-order valence-electron chi connectivity index (χ0n) is 20.0. The molecule has 0 unspecified atom stereocenters. The molecule has 13 atom stereocenters. The number of rotatable bonds is 9. The Labute approximate surface area is 186 Å². The molecule has 0 bridgehead atoms. The second kappa shape index (κ2) is 11.7. The molecule has 0 saturated carbocycles. The Bertz CT molecular complexity index is 520. The van der Waals surface area contributed by atoms with Crippen molar-refractivity contribution in [3.8, 4) is 0 Å². The molecule has 0 aromatic heterocycles. The summed E-state index contributed by atoms with van der Waals surface area (Å²) in [5.41, 5.74) is 0. The van der Waals surface area contributed by atoms with E-state index in [2.05, 4.69) is 0 Å². The fourth-order valence-electron chi connectivity index (χ4n) is 5.29. The molecular formula is C23H44O8. The van der Waals surface area contributed by atoms with Crippen molar-refractivity contribution >= 4 is 0 Å². The van der Waals surface area contributed by atoms with Crippen LogP contribution in [-0.4, -0.2) is 89.3 Å². The van der Waals surface area contributed by atoms with E-state index in [0.717, 1.165) is 0 Å². The summed E-state index contributed by atoms with van der Waals surface area (Å²) in [6, 6.07) is 0. The zero-order chi connectivity index (χ0) is 23.5. The van der Waals surface area contributed by atoms with Gasteiger partial charge in [0, 0.05) is 37.2 Å². The number of aliphatic hydroxyl groups is 4. The Morgan fingerprint density at radius 2 is 1.71 bits per heavy atom. The Morgan fingerprint density at radius 3 is 2.23 bits per heavy atom. The van der Waals surface area contributed by atoms with Crippen molar-refractivity contribution < 1.29 is 39.4 Å². The standard InChI is InChI=1S/C23H44O8/c1-8-17(30-19-9-16(25)23(28-7)15(6)29-19)11(2)20(26)13(4)22-14(5)21(27)12(3)18(10-24)31-22/h11-27H,8-10H2,1-7H3/t11-,12-,13+,14+,15+,16+,17-,18-,19-,20-,21-,22+,23+/m0/s1. The summed E-state index contributed by atoms with van der Waals surface area (Å²) in [7, 11) is 1.55. The summed E-state index contributed by atoms with van der Waals surface area (Å²) in [6.45, 7) is 11.3. The van der Waals surface area contributed by atoms with Crippen molar-refractivity contribution in [3.63, 3.8) is 0 Å². The largest absolute Gasteiger partial charge is 0.394 e. The Hall–Kier alpha value is -0.320. The maximum Gasteiger partial charge on any atom is 0.161 e. The van der Waals surface area contributed by atoms with Gasteiger partial charge in [-0.05, 0) is 13.3 Å². The summed E-state index contributed by atoms with van der Waals surface area (Å²) < 4.78 is 23.5.